The van der Waals surface area contributed by atoms with Crippen LogP contribution in [-0.2, 0) is 11.2 Å². The van der Waals surface area contributed by atoms with E-state index in [1.54, 1.807) is 11.3 Å². The van der Waals surface area contributed by atoms with Crippen LogP contribution in [0, 0.1) is 6.92 Å². The molecule has 5 nitrogen and oxygen atoms in total. The number of rotatable bonds is 6. The van der Waals surface area contributed by atoms with Crippen molar-refractivity contribution in [3.63, 3.8) is 0 Å². The number of hydrogen-bond donors (Lipinski definition) is 2. The van der Waals surface area contributed by atoms with Gasteiger partial charge in [0.2, 0.25) is 5.91 Å². The molecule has 0 aliphatic rings. The Labute approximate surface area is 122 Å². The largest absolute Gasteiger partial charge is 0.360 e. The second kappa shape index (κ2) is 6.65. The number of thiophene rings is 1. The average molecular weight is 292 g/mol. The van der Waals surface area contributed by atoms with Gasteiger partial charge in [0.25, 0.3) is 0 Å². The van der Waals surface area contributed by atoms with Crippen molar-refractivity contribution in [2.75, 3.05) is 18.4 Å². The molecule has 0 unspecified atom stereocenters. The summed E-state index contributed by atoms with van der Waals surface area (Å²) in [5, 5.41) is 6.96. The Hall–Kier alpha value is -1.69. The van der Waals surface area contributed by atoms with Crippen LogP contribution in [0.4, 0.5) is 5.82 Å². The topological polar surface area (TPSA) is 66.9 Å². The number of fused-ring (bicyclic) bond motifs is 1. The van der Waals surface area contributed by atoms with Crippen molar-refractivity contribution < 1.29 is 4.79 Å². The summed E-state index contributed by atoms with van der Waals surface area (Å²) in [7, 11) is 0. The number of hydrogen-bond acceptors (Lipinski definition) is 5. The fraction of sp³-hybridized carbons (Fsp3) is 0.500. The van der Waals surface area contributed by atoms with Crippen molar-refractivity contribution in [1.29, 1.82) is 0 Å². The number of carbonyl (C=O) groups is 1. The number of amides is 1. The molecule has 0 saturated heterocycles. The van der Waals surface area contributed by atoms with Gasteiger partial charge in [0, 0.05) is 11.4 Å². The first kappa shape index (κ1) is 14.7. The fourth-order valence-corrected chi connectivity index (χ4v) is 2.89. The molecular weight excluding hydrogens is 272 g/mol. The van der Waals surface area contributed by atoms with Crippen molar-refractivity contribution in [2.45, 2.75) is 33.6 Å². The SMILES string of the molecule is CCCNC(=O)CNc1nc(C)nc2sc(CC)cc12. The lowest BCUT2D eigenvalue weighted by atomic mass is 10.3. The van der Waals surface area contributed by atoms with Crippen molar-refractivity contribution in [1.82, 2.24) is 15.3 Å². The molecule has 2 heterocycles. The zero-order valence-corrected chi connectivity index (χ0v) is 12.9. The number of aromatic nitrogens is 2. The molecule has 0 spiro atoms. The molecule has 2 rings (SSSR count). The van der Waals surface area contributed by atoms with E-state index in [1.807, 2.05) is 13.8 Å². The molecule has 0 aliphatic carbocycles. The van der Waals surface area contributed by atoms with E-state index in [1.165, 1.54) is 4.88 Å². The molecule has 0 atom stereocenters. The minimum atomic E-state index is -0.0118. The smallest absolute Gasteiger partial charge is 0.239 e. The summed E-state index contributed by atoms with van der Waals surface area (Å²) in [6.07, 6.45) is 1.92. The van der Waals surface area contributed by atoms with Crippen molar-refractivity contribution in [2.24, 2.45) is 0 Å². The highest BCUT2D eigenvalue weighted by Crippen LogP contribution is 2.29. The van der Waals surface area contributed by atoms with E-state index in [-0.39, 0.29) is 12.5 Å². The summed E-state index contributed by atoms with van der Waals surface area (Å²) in [6.45, 7) is 6.96. The molecule has 0 fully saturated rings. The van der Waals surface area contributed by atoms with Crippen molar-refractivity contribution in [3.05, 3.63) is 16.8 Å². The molecule has 0 aliphatic heterocycles. The van der Waals surface area contributed by atoms with Crippen LogP contribution < -0.4 is 10.6 Å². The minimum absolute atomic E-state index is 0.0118. The molecule has 2 aromatic heterocycles. The molecule has 1 amide bonds. The van der Waals surface area contributed by atoms with Gasteiger partial charge in [0.1, 0.15) is 16.5 Å². The van der Waals surface area contributed by atoms with Gasteiger partial charge < -0.3 is 10.6 Å². The van der Waals surface area contributed by atoms with Gasteiger partial charge in [-0.1, -0.05) is 13.8 Å². The van der Waals surface area contributed by atoms with E-state index >= 15 is 0 Å². The van der Waals surface area contributed by atoms with Crippen LogP contribution in [-0.4, -0.2) is 29.0 Å². The normalized spacial score (nSPS) is 10.8. The van der Waals surface area contributed by atoms with Gasteiger partial charge in [-0.3, -0.25) is 4.79 Å². The quantitative estimate of drug-likeness (QED) is 0.858. The van der Waals surface area contributed by atoms with Gasteiger partial charge >= 0.3 is 0 Å². The van der Waals surface area contributed by atoms with Crippen LogP contribution in [0.5, 0.6) is 0 Å². The molecule has 2 aromatic rings. The molecule has 0 aromatic carbocycles. The van der Waals surface area contributed by atoms with E-state index in [9.17, 15) is 4.79 Å². The summed E-state index contributed by atoms with van der Waals surface area (Å²) in [6, 6.07) is 2.10. The maximum Gasteiger partial charge on any atom is 0.239 e. The van der Waals surface area contributed by atoms with Gasteiger partial charge in [-0.05, 0) is 25.8 Å². The van der Waals surface area contributed by atoms with E-state index in [0.29, 0.717) is 6.54 Å². The van der Waals surface area contributed by atoms with Crippen LogP contribution >= 0.6 is 11.3 Å². The highest BCUT2D eigenvalue weighted by Gasteiger charge is 2.10. The minimum Gasteiger partial charge on any atom is -0.360 e. The first-order valence-electron chi connectivity index (χ1n) is 6.91. The van der Waals surface area contributed by atoms with Gasteiger partial charge in [0.15, 0.2) is 0 Å². The first-order chi connectivity index (χ1) is 9.63. The first-order valence-corrected chi connectivity index (χ1v) is 7.73. The molecule has 6 heteroatoms. The number of carbonyl (C=O) groups excluding carboxylic acids is 1. The zero-order valence-electron chi connectivity index (χ0n) is 12.1. The highest BCUT2D eigenvalue weighted by atomic mass is 32.1. The van der Waals surface area contributed by atoms with E-state index in [4.69, 9.17) is 0 Å². The standard InChI is InChI=1S/C14H20N4OS/c1-4-6-15-12(19)8-16-13-11-7-10(5-2)20-14(11)18-9(3)17-13/h7H,4-6,8H2,1-3H3,(H,15,19)(H,16,17,18). The van der Waals surface area contributed by atoms with Gasteiger partial charge in [-0.2, -0.15) is 0 Å². The highest BCUT2D eigenvalue weighted by molar-refractivity contribution is 7.18. The second-order valence-corrected chi connectivity index (χ2v) is 5.72. The van der Waals surface area contributed by atoms with E-state index in [2.05, 4.69) is 33.6 Å². The zero-order chi connectivity index (χ0) is 14.5. The molecule has 0 radical (unpaired) electrons. The summed E-state index contributed by atoms with van der Waals surface area (Å²) in [4.78, 5) is 22.8. The van der Waals surface area contributed by atoms with E-state index < -0.39 is 0 Å². The molecule has 108 valence electrons. The Morgan fingerprint density at radius 3 is 2.85 bits per heavy atom. The predicted molar refractivity (Wildman–Crippen MR) is 83.3 cm³/mol. The van der Waals surface area contributed by atoms with Crippen LogP contribution in [0.15, 0.2) is 6.07 Å². The Bertz CT molecular complexity index is 608. The van der Waals surface area contributed by atoms with E-state index in [0.717, 1.165) is 34.7 Å². The molecule has 0 bridgehead atoms. The summed E-state index contributed by atoms with van der Waals surface area (Å²) >= 11 is 1.68. The lowest BCUT2D eigenvalue weighted by molar-refractivity contribution is -0.119. The number of nitrogens with zero attached hydrogens (tertiary/aromatic N) is 2. The predicted octanol–water partition coefficient (Wildman–Crippen LogP) is 2.50. The van der Waals surface area contributed by atoms with Gasteiger partial charge in [-0.25, -0.2) is 9.97 Å². The number of aryl methyl sites for hydroxylation is 2. The van der Waals surface area contributed by atoms with Crippen LogP contribution in [0.2, 0.25) is 0 Å². The van der Waals surface area contributed by atoms with Crippen molar-refractivity contribution in [3.8, 4) is 0 Å². The van der Waals surface area contributed by atoms with Crippen LogP contribution in [0.1, 0.15) is 31.0 Å². The average Bonchev–Trinajstić information content (AvgIpc) is 2.85. The maximum atomic E-state index is 11.6. The van der Waals surface area contributed by atoms with Gasteiger partial charge in [-0.15, -0.1) is 11.3 Å². The third kappa shape index (κ3) is 3.45. The van der Waals surface area contributed by atoms with Crippen molar-refractivity contribution >= 4 is 33.3 Å². The second-order valence-electron chi connectivity index (χ2n) is 4.61. The third-order valence-electron chi connectivity index (χ3n) is 2.89. The van der Waals surface area contributed by atoms with Crippen LogP contribution in [0.3, 0.4) is 0 Å². The molecule has 20 heavy (non-hydrogen) atoms. The summed E-state index contributed by atoms with van der Waals surface area (Å²) < 4.78 is 0. The monoisotopic (exact) mass is 292 g/mol. The van der Waals surface area contributed by atoms with Gasteiger partial charge in [0.05, 0.1) is 11.9 Å². The Morgan fingerprint density at radius 2 is 2.15 bits per heavy atom. The summed E-state index contributed by atoms with van der Waals surface area (Å²) in [5.74, 6) is 1.45. The Balaban J connectivity index is 2.16. The molecule has 2 N–H and O–H groups in total. The molecular formula is C14H20N4OS. The fourth-order valence-electron chi connectivity index (χ4n) is 1.88. The number of anilines is 1. The Morgan fingerprint density at radius 1 is 1.35 bits per heavy atom. The lowest BCUT2D eigenvalue weighted by Gasteiger charge is -2.07. The Kier molecular flexibility index (Phi) is 4.89. The maximum absolute atomic E-state index is 11.6. The third-order valence-corrected chi connectivity index (χ3v) is 4.07. The molecule has 0 saturated carbocycles. The number of nitrogens with one attached hydrogen (secondary N) is 2. The summed E-state index contributed by atoms with van der Waals surface area (Å²) in [5.41, 5.74) is 0. The lowest BCUT2D eigenvalue weighted by Crippen LogP contribution is -2.30. The van der Waals surface area contributed by atoms with Crippen LogP contribution in [0.25, 0.3) is 10.2 Å².